The molecule has 1 atom stereocenters. The Bertz CT molecular complexity index is 737. The van der Waals surface area contributed by atoms with Crippen LogP contribution in [0, 0.1) is 5.82 Å². The zero-order chi connectivity index (χ0) is 17.1. The predicted molar refractivity (Wildman–Crippen MR) is 84.0 cm³/mol. The number of halogens is 2. The Labute approximate surface area is 143 Å². The molecule has 2 heterocycles. The molecule has 1 amide bonds. The van der Waals surface area contributed by atoms with E-state index in [1.54, 1.807) is 12.0 Å². The summed E-state index contributed by atoms with van der Waals surface area (Å²) in [5.41, 5.74) is 0.338. The normalized spacial score (nSPS) is 18.0. The van der Waals surface area contributed by atoms with E-state index in [2.05, 4.69) is 10.1 Å². The molecule has 1 aliphatic heterocycles. The molecule has 8 heteroatoms. The van der Waals surface area contributed by atoms with Gasteiger partial charge >= 0.3 is 0 Å². The van der Waals surface area contributed by atoms with Crippen molar-refractivity contribution in [2.24, 2.45) is 0 Å². The lowest BCUT2D eigenvalue weighted by molar-refractivity contribution is 0.0561. The molecular weight excluding hydrogens is 337 g/mol. The minimum Gasteiger partial charge on any atom is -0.377 e. The van der Waals surface area contributed by atoms with Crippen molar-refractivity contribution in [3.63, 3.8) is 0 Å². The molecule has 0 bridgehead atoms. The third-order valence-electron chi connectivity index (χ3n) is 3.97. The van der Waals surface area contributed by atoms with Crippen molar-refractivity contribution >= 4 is 17.5 Å². The van der Waals surface area contributed by atoms with E-state index < -0.39 is 5.82 Å². The Morgan fingerprint density at radius 3 is 3.08 bits per heavy atom. The molecule has 2 aromatic rings. The molecule has 6 nitrogen and oxygen atoms in total. The summed E-state index contributed by atoms with van der Waals surface area (Å²) in [5, 5.41) is 3.78. The van der Waals surface area contributed by atoms with Gasteiger partial charge in [0.15, 0.2) is 5.82 Å². The lowest BCUT2D eigenvalue weighted by Gasteiger charge is -2.33. The van der Waals surface area contributed by atoms with Gasteiger partial charge in [-0.2, -0.15) is 4.98 Å². The maximum absolute atomic E-state index is 13.3. The monoisotopic (exact) mass is 353 g/mol. The van der Waals surface area contributed by atoms with E-state index in [0.29, 0.717) is 23.8 Å². The minimum atomic E-state index is -0.551. The number of carbonyl (C=O) groups is 1. The predicted octanol–water partition coefficient (Wildman–Crippen LogP) is 3.38. The van der Waals surface area contributed by atoms with Crippen molar-refractivity contribution in [3.05, 3.63) is 46.3 Å². The van der Waals surface area contributed by atoms with Gasteiger partial charge in [0.05, 0.1) is 5.02 Å². The highest BCUT2D eigenvalue weighted by Gasteiger charge is 2.32. The van der Waals surface area contributed by atoms with E-state index in [9.17, 15) is 9.18 Å². The van der Waals surface area contributed by atoms with Gasteiger partial charge in [0.2, 0.25) is 5.89 Å². The van der Waals surface area contributed by atoms with Gasteiger partial charge in [0.25, 0.3) is 5.91 Å². The van der Waals surface area contributed by atoms with E-state index in [-0.39, 0.29) is 23.6 Å². The van der Waals surface area contributed by atoms with Gasteiger partial charge in [0, 0.05) is 19.2 Å². The van der Waals surface area contributed by atoms with E-state index in [0.717, 1.165) is 19.3 Å². The van der Waals surface area contributed by atoms with Gasteiger partial charge in [-0.05, 0) is 37.5 Å². The lowest BCUT2D eigenvalue weighted by Crippen LogP contribution is -2.38. The number of methoxy groups -OCH3 is 1. The second-order valence-corrected chi connectivity index (χ2v) is 6.03. The number of likely N-dealkylation sites (tertiary alicyclic amines) is 1. The lowest BCUT2D eigenvalue weighted by atomic mass is 10.0. The van der Waals surface area contributed by atoms with Crippen LogP contribution in [0.2, 0.25) is 5.02 Å². The number of piperidine rings is 1. The van der Waals surface area contributed by atoms with Crippen LogP contribution in [0.3, 0.4) is 0 Å². The highest BCUT2D eigenvalue weighted by atomic mass is 35.5. The number of hydrogen-bond acceptors (Lipinski definition) is 5. The Morgan fingerprint density at radius 2 is 2.33 bits per heavy atom. The minimum absolute atomic E-state index is 0.0745. The van der Waals surface area contributed by atoms with Crippen LogP contribution in [-0.4, -0.2) is 34.6 Å². The highest BCUT2D eigenvalue weighted by Crippen LogP contribution is 2.31. The zero-order valence-electron chi connectivity index (χ0n) is 13.2. The van der Waals surface area contributed by atoms with Crippen LogP contribution in [0.1, 0.15) is 47.4 Å². The first-order valence-corrected chi connectivity index (χ1v) is 8.05. The zero-order valence-corrected chi connectivity index (χ0v) is 13.9. The van der Waals surface area contributed by atoms with Crippen LogP contribution in [-0.2, 0) is 11.3 Å². The summed E-state index contributed by atoms with van der Waals surface area (Å²) in [6.07, 6.45) is 2.58. The molecule has 1 saturated heterocycles. The fourth-order valence-corrected chi connectivity index (χ4v) is 3.00. The van der Waals surface area contributed by atoms with Crippen LogP contribution in [0.4, 0.5) is 4.39 Å². The number of amides is 1. The average molecular weight is 354 g/mol. The summed E-state index contributed by atoms with van der Waals surface area (Å²) in [5.74, 6) is 0.0521. The van der Waals surface area contributed by atoms with Gasteiger partial charge in [0.1, 0.15) is 18.5 Å². The molecule has 0 N–H and O–H groups in total. The fraction of sp³-hybridized carbons (Fsp3) is 0.438. The van der Waals surface area contributed by atoms with Gasteiger partial charge < -0.3 is 14.2 Å². The number of benzene rings is 1. The molecule has 1 fully saturated rings. The first-order chi connectivity index (χ1) is 11.6. The molecule has 1 aromatic carbocycles. The number of aromatic nitrogens is 2. The summed E-state index contributed by atoms with van der Waals surface area (Å²) in [6.45, 7) is 0.818. The quantitative estimate of drug-likeness (QED) is 0.842. The van der Waals surface area contributed by atoms with Crippen LogP contribution < -0.4 is 0 Å². The van der Waals surface area contributed by atoms with Crippen molar-refractivity contribution in [3.8, 4) is 0 Å². The second-order valence-electron chi connectivity index (χ2n) is 5.62. The summed E-state index contributed by atoms with van der Waals surface area (Å²) < 4.78 is 23.6. The van der Waals surface area contributed by atoms with Gasteiger partial charge in [-0.3, -0.25) is 4.79 Å². The first-order valence-electron chi connectivity index (χ1n) is 7.67. The largest absolute Gasteiger partial charge is 0.377 e. The third kappa shape index (κ3) is 3.42. The van der Waals surface area contributed by atoms with Crippen molar-refractivity contribution < 1.29 is 18.4 Å². The van der Waals surface area contributed by atoms with Crippen molar-refractivity contribution in [2.75, 3.05) is 13.7 Å². The Balaban J connectivity index is 1.85. The maximum atomic E-state index is 13.3. The van der Waals surface area contributed by atoms with Crippen LogP contribution in [0.15, 0.2) is 22.7 Å². The van der Waals surface area contributed by atoms with E-state index in [4.69, 9.17) is 20.9 Å². The van der Waals surface area contributed by atoms with Crippen LogP contribution in [0.25, 0.3) is 0 Å². The van der Waals surface area contributed by atoms with E-state index >= 15 is 0 Å². The molecule has 0 unspecified atom stereocenters. The Kier molecular flexibility index (Phi) is 5.11. The molecule has 0 spiro atoms. The molecule has 0 radical (unpaired) electrons. The Morgan fingerprint density at radius 1 is 1.50 bits per heavy atom. The number of rotatable bonds is 4. The molecule has 24 heavy (non-hydrogen) atoms. The molecule has 0 saturated carbocycles. The summed E-state index contributed by atoms with van der Waals surface area (Å²) in [6, 6.07) is 3.67. The first kappa shape index (κ1) is 16.9. The van der Waals surface area contributed by atoms with Crippen LogP contribution in [0.5, 0.6) is 0 Å². The van der Waals surface area contributed by atoms with Crippen LogP contribution >= 0.6 is 11.6 Å². The molecular formula is C16H17ClFN3O3. The SMILES string of the molecule is COCc1noc([C@@H]2CCCCN2C(=O)c2ccc(F)c(Cl)c2)n1. The molecule has 1 aromatic heterocycles. The number of hydrogen-bond donors (Lipinski definition) is 0. The second kappa shape index (κ2) is 7.27. The smallest absolute Gasteiger partial charge is 0.254 e. The molecule has 1 aliphatic rings. The van der Waals surface area contributed by atoms with Crippen molar-refractivity contribution in [2.45, 2.75) is 31.9 Å². The van der Waals surface area contributed by atoms with Gasteiger partial charge in [-0.15, -0.1) is 0 Å². The molecule has 128 valence electrons. The van der Waals surface area contributed by atoms with Crippen molar-refractivity contribution in [1.29, 1.82) is 0 Å². The van der Waals surface area contributed by atoms with Crippen molar-refractivity contribution in [1.82, 2.24) is 15.0 Å². The number of ether oxygens (including phenoxy) is 1. The summed E-state index contributed by atoms with van der Waals surface area (Å²) in [4.78, 5) is 18.8. The number of carbonyl (C=O) groups excluding carboxylic acids is 1. The molecule has 3 rings (SSSR count). The average Bonchev–Trinajstić information content (AvgIpc) is 3.05. The maximum Gasteiger partial charge on any atom is 0.254 e. The fourth-order valence-electron chi connectivity index (χ4n) is 2.82. The summed E-state index contributed by atoms with van der Waals surface area (Å²) in [7, 11) is 1.55. The summed E-state index contributed by atoms with van der Waals surface area (Å²) >= 11 is 5.79. The topological polar surface area (TPSA) is 68.5 Å². The standard InChI is InChI=1S/C16H17ClFN3O3/c1-23-9-14-19-15(24-20-14)13-4-2-3-7-21(13)16(22)10-5-6-12(18)11(17)8-10/h5-6,8,13H,2-4,7,9H2,1H3/t13-/m0/s1. The van der Waals surface area contributed by atoms with E-state index in [1.807, 2.05) is 0 Å². The number of nitrogens with zero attached hydrogens (tertiary/aromatic N) is 3. The third-order valence-corrected chi connectivity index (χ3v) is 4.26. The Hall–Kier alpha value is -1.99. The van der Waals surface area contributed by atoms with Gasteiger partial charge in [-0.25, -0.2) is 4.39 Å². The van der Waals surface area contributed by atoms with Gasteiger partial charge in [-0.1, -0.05) is 16.8 Å². The van der Waals surface area contributed by atoms with E-state index in [1.165, 1.54) is 18.2 Å². The molecule has 0 aliphatic carbocycles. The highest BCUT2D eigenvalue weighted by molar-refractivity contribution is 6.31.